The Bertz CT molecular complexity index is 1770. The van der Waals surface area contributed by atoms with Gasteiger partial charge in [-0.25, -0.2) is 17.9 Å². The van der Waals surface area contributed by atoms with Crippen LogP contribution in [0.4, 0.5) is 0 Å². The van der Waals surface area contributed by atoms with Crippen LogP contribution >= 0.6 is 0 Å². The molecule has 206 valence electrons. The van der Waals surface area contributed by atoms with Gasteiger partial charge in [-0.05, 0) is 58.5 Å². The minimum absolute atomic E-state index is 0.0237. The van der Waals surface area contributed by atoms with E-state index in [-0.39, 0.29) is 23.2 Å². The summed E-state index contributed by atoms with van der Waals surface area (Å²) >= 11 is 0. The van der Waals surface area contributed by atoms with Crippen molar-refractivity contribution in [3.8, 4) is 11.5 Å². The van der Waals surface area contributed by atoms with Gasteiger partial charge in [0.15, 0.2) is 11.5 Å². The molecule has 1 aliphatic heterocycles. The molecule has 0 aliphatic carbocycles. The summed E-state index contributed by atoms with van der Waals surface area (Å²) in [5.41, 5.74) is 3.02. The monoisotopic (exact) mass is 560 g/mol. The van der Waals surface area contributed by atoms with Crippen molar-refractivity contribution in [2.75, 3.05) is 6.79 Å². The summed E-state index contributed by atoms with van der Waals surface area (Å²) in [7, 11) is -2.42. The SMILES string of the molecule is C=C(C(=O)O)c1ccc2c(C(C(=O)NS(=O)(=O)c3ccc(C(C)C)cc3)c3ccc4c(c3)OCO4)cn(C)c2c1. The van der Waals surface area contributed by atoms with Crippen molar-refractivity contribution in [1.29, 1.82) is 0 Å². The van der Waals surface area contributed by atoms with E-state index >= 15 is 0 Å². The van der Waals surface area contributed by atoms with E-state index < -0.39 is 27.8 Å². The van der Waals surface area contributed by atoms with E-state index in [1.54, 1.807) is 66.3 Å². The molecule has 2 heterocycles. The molecular formula is C30H28N2O7S. The normalized spacial score (nSPS) is 13.4. The number of carbonyl (C=O) groups is 2. The molecule has 0 radical (unpaired) electrons. The second-order valence-electron chi connectivity index (χ2n) is 9.95. The van der Waals surface area contributed by atoms with Gasteiger partial charge in [-0.15, -0.1) is 0 Å². The van der Waals surface area contributed by atoms with Gasteiger partial charge in [0.2, 0.25) is 12.7 Å². The average Bonchev–Trinajstić information content (AvgIpc) is 3.52. The molecule has 0 spiro atoms. The zero-order chi connectivity index (χ0) is 28.8. The first-order valence-corrected chi connectivity index (χ1v) is 14.0. The van der Waals surface area contributed by atoms with Crippen LogP contribution in [-0.2, 0) is 26.7 Å². The van der Waals surface area contributed by atoms with Gasteiger partial charge < -0.3 is 19.1 Å². The molecule has 0 saturated carbocycles. The fourth-order valence-corrected chi connectivity index (χ4v) is 5.80. The zero-order valence-corrected chi connectivity index (χ0v) is 23.0. The van der Waals surface area contributed by atoms with Crippen molar-refractivity contribution in [3.63, 3.8) is 0 Å². The Kier molecular flexibility index (Phi) is 6.89. The second kappa shape index (κ2) is 10.2. The van der Waals surface area contributed by atoms with E-state index in [0.717, 1.165) is 5.56 Å². The van der Waals surface area contributed by atoms with E-state index in [9.17, 15) is 23.1 Å². The maximum Gasteiger partial charge on any atom is 0.335 e. The number of sulfonamides is 1. The van der Waals surface area contributed by atoms with Crippen LogP contribution in [0.3, 0.4) is 0 Å². The number of aliphatic carboxylic acids is 1. The third kappa shape index (κ3) is 4.93. The van der Waals surface area contributed by atoms with Crippen molar-refractivity contribution in [3.05, 3.63) is 95.7 Å². The van der Waals surface area contributed by atoms with E-state index in [0.29, 0.717) is 39.1 Å². The topological polar surface area (TPSA) is 124 Å². The molecule has 40 heavy (non-hydrogen) atoms. The van der Waals surface area contributed by atoms with E-state index in [1.165, 1.54) is 12.1 Å². The van der Waals surface area contributed by atoms with Crippen LogP contribution in [-0.4, -0.2) is 36.8 Å². The number of carboxylic acid groups (broad SMARTS) is 1. The third-order valence-electron chi connectivity index (χ3n) is 7.02. The molecule has 5 rings (SSSR count). The number of carbonyl (C=O) groups excluding carboxylic acids is 1. The Hall–Kier alpha value is -4.57. The van der Waals surface area contributed by atoms with Crippen LogP contribution in [0.25, 0.3) is 16.5 Å². The predicted molar refractivity (Wildman–Crippen MR) is 150 cm³/mol. The van der Waals surface area contributed by atoms with E-state index in [4.69, 9.17) is 9.47 Å². The Balaban J connectivity index is 1.59. The van der Waals surface area contributed by atoms with Crippen LogP contribution in [0, 0.1) is 0 Å². The van der Waals surface area contributed by atoms with Gasteiger partial charge >= 0.3 is 5.97 Å². The van der Waals surface area contributed by atoms with Crippen LogP contribution < -0.4 is 14.2 Å². The number of amides is 1. The fraction of sp³-hybridized carbons (Fsp3) is 0.200. The third-order valence-corrected chi connectivity index (χ3v) is 8.39. The lowest BCUT2D eigenvalue weighted by molar-refractivity contribution is -0.130. The Labute approximate surface area is 231 Å². The maximum atomic E-state index is 13.9. The largest absolute Gasteiger partial charge is 0.478 e. The Morgan fingerprint density at radius 3 is 2.33 bits per heavy atom. The number of nitrogens with zero attached hydrogens (tertiary/aromatic N) is 1. The highest BCUT2D eigenvalue weighted by atomic mass is 32.2. The first kappa shape index (κ1) is 27.0. The number of fused-ring (bicyclic) bond motifs is 2. The number of hydrogen-bond donors (Lipinski definition) is 2. The highest BCUT2D eigenvalue weighted by Gasteiger charge is 2.31. The molecule has 4 aromatic rings. The molecule has 9 nitrogen and oxygen atoms in total. The molecule has 1 aromatic heterocycles. The summed E-state index contributed by atoms with van der Waals surface area (Å²) in [6.45, 7) is 7.68. The Morgan fingerprint density at radius 1 is 0.975 bits per heavy atom. The lowest BCUT2D eigenvalue weighted by Crippen LogP contribution is -2.35. The van der Waals surface area contributed by atoms with Crippen molar-refractivity contribution < 1.29 is 32.6 Å². The smallest absolute Gasteiger partial charge is 0.335 e. The molecule has 2 N–H and O–H groups in total. The van der Waals surface area contributed by atoms with E-state index in [2.05, 4.69) is 11.3 Å². The van der Waals surface area contributed by atoms with Gasteiger partial charge in [-0.2, -0.15) is 0 Å². The molecular weight excluding hydrogens is 532 g/mol. The van der Waals surface area contributed by atoms with Gasteiger partial charge in [-0.3, -0.25) is 4.79 Å². The van der Waals surface area contributed by atoms with Crippen molar-refractivity contribution >= 4 is 38.4 Å². The molecule has 10 heteroatoms. The molecule has 1 unspecified atom stereocenters. The lowest BCUT2D eigenvalue weighted by atomic mass is 9.89. The summed E-state index contributed by atoms with van der Waals surface area (Å²) < 4.78 is 41.5. The van der Waals surface area contributed by atoms with E-state index in [1.807, 2.05) is 13.8 Å². The van der Waals surface area contributed by atoms with Gasteiger partial charge in [0.1, 0.15) is 0 Å². The number of aromatic nitrogens is 1. The van der Waals surface area contributed by atoms with Gasteiger partial charge in [0, 0.05) is 24.1 Å². The number of hydrogen-bond acceptors (Lipinski definition) is 6. The number of ether oxygens (including phenoxy) is 2. The Morgan fingerprint density at radius 2 is 1.65 bits per heavy atom. The minimum atomic E-state index is -4.19. The molecule has 0 fully saturated rings. The quantitative estimate of drug-likeness (QED) is 0.298. The standard InChI is InChI=1S/C30H28N2O7S/c1-17(2)19-5-9-22(10-6-19)40(36,37)31-29(33)28(21-8-12-26-27(14-21)39-16-38-26)24-15-32(4)25-13-20(7-11-23(24)25)18(3)30(34)35/h5-15,17,28H,3,16H2,1-2,4H3,(H,31,33)(H,34,35). The van der Waals surface area contributed by atoms with Crippen molar-refractivity contribution in [2.24, 2.45) is 7.05 Å². The number of carboxylic acids is 1. The van der Waals surface area contributed by atoms with Gasteiger partial charge in [0.25, 0.3) is 10.0 Å². The van der Waals surface area contributed by atoms with Crippen LogP contribution in [0.5, 0.6) is 11.5 Å². The molecule has 0 bridgehead atoms. The maximum absolute atomic E-state index is 13.9. The van der Waals surface area contributed by atoms with Crippen LogP contribution in [0.1, 0.15) is 47.9 Å². The molecule has 3 aromatic carbocycles. The molecule has 1 atom stereocenters. The number of benzene rings is 3. The first-order valence-electron chi connectivity index (χ1n) is 12.5. The second-order valence-corrected chi connectivity index (χ2v) is 11.6. The van der Waals surface area contributed by atoms with Gasteiger partial charge in [0.05, 0.1) is 16.4 Å². The predicted octanol–water partition coefficient (Wildman–Crippen LogP) is 4.77. The number of nitrogens with one attached hydrogen (secondary N) is 1. The number of rotatable bonds is 8. The molecule has 0 saturated heterocycles. The first-order chi connectivity index (χ1) is 19.0. The number of aryl methyl sites for hydroxylation is 1. The lowest BCUT2D eigenvalue weighted by Gasteiger charge is -2.18. The summed E-state index contributed by atoms with van der Waals surface area (Å²) in [5.74, 6) is -1.74. The summed E-state index contributed by atoms with van der Waals surface area (Å²) in [6, 6.07) is 16.5. The average molecular weight is 561 g/mol. The summed E-state index contributed by atoms with van der Waals surface area (Å²) in [6.07, 6.45) is 1.73. The zero-order valence-electron chi connectivity index (χ0n) is 22.2. The van der Waals surface area contributed by atoms with Crippen LogP contribution in [0.2, 0.25) is 0 Å². The minimum Gasteiger partial charge on any atom is -0.478 e. The highest BCUT2D eigenvalue weighted by Crippen LogP contribution is 2.39. The summed E-state index contributed by atoms with van der Waals surface area (Å²) in [5, 5.41) is 10.0. The van der Waals surface area contributed by atoms with Crippen molar-refractivity contribution in [2.45, 2.75) is 30.6 Å². The molecule has 1 aliphatic rings. The van der Waals surface area contributed by atoms with Gasteiger partial charge in [-0.1, -0.05) is 50.8 Å². The molecule has 1 amide bonds. The van der Waals surface area contributed by atoms with Crippen molar-refractivity contribution in [1.82, 2.24) is 9.29 Å². The highest BCUT2D eigenvalue weighted by molar-refractivity contribution is 7.90. The van der Waals surface area contributed by atoms with Crippen LogP contribution in [0.15, 0.2) is 78.3 Å². The summed E-state index contributed by atoms with van der Waals surface area (Å²) in [4.78, 5) is 25.3. The fourth-order valence-electron chi connectivity index (χ4n) is 4.80.